The van der Waals surface area contributed by atoms with Gasteiger partial charge in [0.2, 0.25) is 5.91 Å². The molecule has 9 heteroatoms. The molecule has 0 spiro atoms. The molecule has 3 aromatic rings. The summed E-state index contributed by atoms with van der Waals surface area (Å²) in [5, 5.41) is 15.1. The highest BCUT2D eigenvalue weighted by molar-refractivity contribution is 7.99. The predicted molar refractivity (Wildman–Crippen MR) is 124 cm³/mol. The minimum Gasteiger partial charge on any atom is -0.324 e. The summed E-state index contributed by atoms with van der Waals surface area (Å²) in [7, 11) is 0. The van der Waals surface area contributed by atoms with Crippen LogP contribution in [-0.2, 0) is 11.3 Å². The van der Waals surface area contributed by atoms with E-state index in [1.165, 1.54) is 16.6 Å². The minimum atomic E-state index is -0.176. The second-order valence-corrected chi connectivity index (χ2v) is 9.46. The minimum absolute atomic E-state index is 0.176. The first-order valence-corrected chi connectivity index (χ1v) is 11.9. The molecule has 0 aliphatic rings. The van der Waals surface area contributed by atoms with E-state index in [1.807, 2.05) is 0 Å². The Kier molecular flexibility index (Phi) is 7.62. The maximum Gasteiger partial charge on any atom is 0.234 e. The number of thiophene rings is 1. The first-order valence-electron chi connectivity index (χ1n) is 9.29. The van der Waals surface area contributed by atoms with E-state index in [2.05, 4.69) is 52.3 Å². The van der Waals surface area contributed by atoms with Crippen molar-refractivity contribution >= 4 is 57.9 Å². The third-order valence-corrected chi connectivity index (χ3v) is 7.19. The normalized spacial score (nSPS) is 11.2. The van der Waals surface area contributed by atoms with Crippen molar-refractivity contribution in [2.45, 2.75) is 44.8 Å². The number of hydrogen-bond donors (Lipinski definition) is 1. The number of nitrogens with one attached hydrogen (secondary N) is 1. The largest absolute Gasteiger partial charge is 0.324 e. The number of nitrogens with zero attached hydrogens (tertiary/aromatic N) is 3. The van der Waals surface area contributed by atoms with E-state index in [0.717, 1.165) is 29.5 Å². The number of thioether (sulfide) groups is 1. The Hall–Kier alpha value is -1.54. The molecule has 0 fully saturated rings. The zero-order valence-electron chi connectivity index (χ0n) is 16.4. The maximum atomic E-state index is 12.4. The molecule has 0 saturated heterocycles. The molecule has 29 heavy (non-hydrogen) atoms. The van der Waals surface area contributed by atoms with Gasteiger partial charge in [-0.3, -0.25) is 4.79 Å². The lowest BCUT2D eigenvalue weighted by atomic mass is 10.1. The van der Waals surface area contributed by atoms with Crippen LogP contribution >= 0.6 is 46.3 Å². The third-order valence-electron chi connectivity index (χ3n) is 4.17. The summed E-state index contributed by atoms with van der Waals surface area (Å²) in [5.74, 6) is 1.35. The van der Waals surface area contributed by atoms with Gasteiger partial charge in [0.1, 0.15) is 0 Å². The van der Waals surface area contributed by atoms with E-state index < -0.39 is 0 Å². The molecule has 154 valence electrons. The van der Waals surface area contributed by atoms with Crippen LogP contribution in [0.15, 0.2) is 34.8 Å². The molecule has 1 aromatic carbocycles. The van der Waals surface area contributed by atoms with Gasteiger partial charge >= 0.3 is 0 Å². The molecule has 0 aliphatic heterocycles. The molecule has 0 aliphatic carbocycles. The lowest BCUT2D eigenvalue weighted by molar-refractivity contribution is -0.113. The Labute approximate surface area is 188 Å². The summed E-state index contributed by atoms with van der Waals surface area (Å²) in [6, 6.07) is 7.32. The van der Waals surface area contributed by atoms with Gasteiger partial charge in [0.25, 0.3) is 0 Å². The number of rotatable bonds is 8. The molecule has 0 bridgehead atoms. The molecule has 1 amide bonds. The fourth-order valence-electron chi connectivity index (χ4n) is 2.72. The second kappa shape index (κ2) is 9.98. The van der Waals surface area contributed by atoms with Gasteiger partial charge < -0.3 is 9.88 Å². The van der Waals surface area contributed by atoms with Crippen molar-refractivity contribution in [1.29, 1.82) is 0 Å². The molecule has 3 rings (SSSR count). The quantitative estimate of drug-likeness (QED) is 0.379. The highest BCUT2D eigenvalue weighted by atomic mass is 35.5. The summed E-state index contributed by atoms with van der Waals surface area (Å²) in [6.07, 6.45) is 0.949. The molecular formula is C20H22Cl2N4OS2. The van der Waals surface area contributed by atoms with Gasteiger partial charge in [-0.25, -0.2) is 0 Å². The number of hydrogen-bond acceptors (Lipinski definition) is 5. The van der Waals surface area contributed by atoms with Crippen molar-refractivity contribution < 1.29 is 4.79 Å². The van der Waals surface area contributed by atoms with Crippen LogP contribution in [0.1, 0.15) is 38.0 Å². The fraction of sp³-hybridized carbons (Fsp3) is 0.350. The number of aromatic nitrogens is 3. The number of benzene rings is 1. The molecular weight excluding hydrogens is 447 g/mol. The SMILES string of the molecule is CCCn1c(SCC(=O)Nc2cccc(Cl)c2Cl)nnc1-c1csc(C(C)C)c1. The molecule has 2 aromatic heterocycles. The van der Waals surface area contributed by atoms with Crippen molar-refractivity contribution in [3.8, 4) is 11.4 Å². The van der Waals surface area contributed by atoms with Crippen LogP contribution < -0.4 is 5.32 Å². The molecule has 0 atom stereocenters. The van der Waals surface area contributed by atoms with Crippen molar-refractivity contribution in [1.82, 2.24) is 14.8 Å². The maximum absolute atomic E-state index is 12.4. The number of amides is 1. The van der Waals surface area contributed by atoms with E-state index in [1.54, 1.807) is 29.5 Å². The van der Waals surface area contributed by atoms with Crippen molar-refractivity contribution in [2.24, 2.45) is 0 Å². The van der Waals surface area contributed by atoms with Crippen molar-refractivity contribution in [3.63, 3.8) is 0 Å². The van der Waals surface area contributed by atoms with E-state index in [4.69, 9.17) is 23.2 Å². The first-order chi connectivity index (χ1) is 13.9. The predicted octanol–water partition coefficient (Wildman–Crippen LogP) is 6.58. The Morgan fingerprint density at radius 3 is 2.79 bits per heavy atom. The van der Waals surface area contributed by atoms with E-state index in [-0.39, 0.29) is 11.7 Å². The average Bonchev–Trinajstić information content (AvgIpc) is 3.31. The molecule has 5 nitrogen and oxygen atoms in total. The van der Waals surface area contributed by atoms with Gasteiger partial charge in [0.15, 0.2) is 11.0 Å². The fourth-order valence-corrected chi connectivity index (χ4v) is 4.74. The number of anilines is 1. The first kappa shape index (κ1) is 22.2. The van der Waals surface area contributed by atoms with Crippen LogP contribution in [0.25, 0.3) is 11.4 Å². The summed E-state index contributed by atoms with van der Waals surface area (Å²) in [6.45, 7) is 7.26. The topological polar surface area (TPSA) is 59.8 Å². The third kappa shape index (κ3) is 5.34. The van der Waals surface area contributed by atoms with Crippen molar-refractivity contribution in [3.05, 3.63) is 44.6 Å². The van der Waals surface area contributed by atoms with E-state index in [0.29, 0.717) is 21.7 Å². The van der Waals surface area contributed by atoms with Gasteiger partial charge in [-0.1, -0.05) is 61.8 Å². The smallest absolute Gasteiger partial charge is 0.234 e. The van der Waals surface area contributed by atoms with Gasteiger partial charge in [-0.2, -0.15) is 0 Å². The summed E-state index contributed by atoms with van der Waals surface area (Å²) < 4.78 is 2.08. The zero-order chi connectivity index (χ0) is 21.0. The molecule has 0 radical (unpaired) electrons. The van der Waals surface area contributed by atoms with Gasteiger partial charge in [0, 0.05) is 22.4 Å². The number of halogens is 2. The molecule has 0 unspecified atom stereocenters. The van der Waals surface area contributed by atoms with Gasteiger partial charge in [-0.05, 0) is 30.5 Å². The average molecular weight is 469 g/mol. The van der Waals surface area contributed by atoms with Crippen LogP contribution in [0.4, 0.5) is 5.69 Å². The van der Waals surface area contributed by atoms with E-state index >= 15 is 0 Å². The Bertz CT molecular complexity index is 1000. The lowest BCUT2D eigenvalue weighted by Crippen LogP contribution is -2.15. The van der Waals surface area contributed by atoms with Crippen LogP contribution in [-0.4, -0.2) is 26.4 Å². The number of carbonyl (C=O) groups is 1. The Morgan fingerprint density at radius 1 is 1.31 bits per heavy atom. The standard InChI is InChI=1S/C20H22Cl2N4OS2/c1-4-8-26-19(13-9-16(12(2)3)28-10-13)24-25-20(26)29-11-17(27)23-15-7-5-6-14(21)18(15)22/h5-7,9-10,12H,4,8,11H2,1-3H3,(H,23,27). The van der Waals surface area contributed by atoms with Gasteiger partial charge in [0.05, 0.1) is 21.5 Å². The van der Waals surface area contributed by atoms with Crippen LogP contribution in [0.2, 0.25) is 10.0 Å². The highest BCUT2D eigenvalue weighted by Gasteiger charge is 2.17. The van der Waals surface area contributed by atoms with Crippen LogP contribution in [0.3, 0.4) is 0 Å². The van der Waals surface area contributed by atoms with Gasteiger partial charge in [-0.15, -0.1) is 21.5 Å². The Morgan fingerprint density at radius 2 is 2.10 bits per heavy atom. The van der Waals surface area contributed by atoms with Crippen molar-refractivity contribution in [2.75, 3.05) is 11.1 Å². The molecule has 2 heterocycles. The number of carbonyl (C=O) groups excluding carboxylic acids is 1. The second-order valence-electron chi connectivity index (χ2n) is 6.79. The Balaban J connectivity index is 1.72. The summed E-state index contributed by atoms with van der Waals surface area (Å²) in [5.41, 5.74) is 1.57. The monoisotopic (exact) mass is 468 g/mol. The lowest BCUT2D eigenvalue weighted by Gasteiger charge is -2.09. The molecule has 0 saturated carbocycles. The summed E-state index contributed by atoms with van der Waals surface area (Å²) in [4.78, 5) is 13.7. The van der Waals surface area contributed by atoms with Crippen LogP contribution in [0.5, 0.6) is 0 Å². The highest BCUT2D eigenvalue weighted by Crippen LogP contribution is 2.32. The zero-order valence-corrected chi connectivity index (χ0v) is 19.6. The van der Waals surface area contributed by atoms with E-state index in [9.17, 15) is 4.79 Å². The summed E-state index contributed by atoms with van der Waals surface area (Å²) >= 11 is 15.2. The van der Waals surface area contributed by atoms with Crippen LogP contribution in [0, 0.1) is 0 Å². The molecule has 1 N–H and O–H groups in total.